The highest BCUT2D eigenvalue weighted by Crippen LogP contribution is 2.11. The molecule has 0 spiro atoms. The predicted molar refractivity (Wildman–Crippen MR) is 72.6 cm³/mol. The summed E-state index contributed by atoms with van der Waals surface area (Å²) in [7, 11) is 0. The van der Waals surface area contributed by atoms with Gasteiger partial charge in [-0.1, -0.05) is 33.9 Å². The maximum Gasteiger partial charge on any atom is 0.0498 e. The summed E-state index contributed by atoms with van der Waals surface area (Å²) in [6.07, 6.45) is 3.70. The van der Waals surface area contributed by atoms with Gasteiger partial charge in [0, 0.05) is 36.7 Å². The summed E-state index contributed by atoms with van der Waals surface area (Å²) in [5.41, 5.74) is 7.62. The molecule has 16 heavy (non-hydrogen) atoms. The maximum atomic E-state index is 5.80. The molecule has 0 saturated carbocycles. The first kappa shape index (κ1) is 14.9. The predicted octanol–water partition coefficient (Wildman–Crippen LogP) is 2.55. The second-order valence-corrected chi connectivity index (χ2v) is 3.66. The van der Waals surface area contributed by atoms with Gasteiger partial charge in [-0.2, -0.15) is 0 Å². The van der Waals surface area contributed by atoms with Crippen molar-refractivity contribution in [1.29, 1.82) is 0 Å². The molecule has 0 radical (unpaired) electrons. The maximum absolute atomic E-state index is 5.80. The Balaban J connectivity index is 0.00000106. The van der Waals surface area contributed by atoms with E-state index in [2.05, 4.69) is 23.1 Å². The van der Waals surface area contributed by atoms with E-state index in [-0.39, 0.29) is 6.04 Å². The van der Waals surface area contributed by atoms with Crippen LogP contribution in [0.2, 0.25) is 0 Å². The van der Waals surface area contributed by atoms with E-state index in [1.807, 2.05) is 20.8 Å². The van der Waals surface area contributed by atoms with Crippen molar-refractivity contribution >= 4 is 6.21 Å². The summed E-state index contributed by atoms with van der Waals surface area (Å²) >= 11 is 0. The quantitative estimate of drug-likeness (QED) is 0.744. The third-order valence-corrected chi connectivity index (χ3v) is 2.44. The molecule has 1 fully saturated rings. The zero-order valence-corrected chi connectivity index (χ0v) is 10.9. The van der Waals surface area contributed by atoms with Gasteiger partial charge in [-0.15, -0.1) is 0 Å². The van der Waals surface area contributed by atoms with Crippen molar-refractivity contribution in [2.24, 2.45) is 10.7 Å². The van der Waals surface area contributed by atoms with Crippen molar-refractivity contribution in [3.05, 3.63) is 24.6 Å². The molecule has 1 heterocycles. The first-order valence-corrected chi connectivity index (χ1v) is 6.04. The van der Waals surface area contributed by atoms with Crippen molar-refractivity contribution in [1.82, 2.24) is 4.90 Å². The number of rotatable bonds is 4. The molecule has 0 bridgehead atoms. The van der Waals surface area contributed by atoms with Gasteiger partial charge in [-0.25, -0.2) is 0 Å². The first-order valence-electron chi connectivity index (χ1n) is 6.04. The lowest BCUT2D eigenvalue weighted by Gasteiger charge is -2.17. The number of likely N-dealkylation sites (tertiary alicyclic amines) is 1. The fourth-order valence-electron chi connectivity index (χ4n) is 1.39. The topological polar surface area (TPSA) is 41.6 Å². The summed E-state index contributed by atoms with van der Waals surface area (Å²) < 4.78 is 0. The molecule has 1 aliphatic rings. The number of hydrogen-bond donors (Lipinski definition) is 1. The molecule has 1 rings (SSSR count). The minimum absolute atomic E-state index is 0.287. The zero-order valence-electron chi connectivity index (χ0n) is 10.9. The van der Waals surface area contributed by atoms with Crippen LogP contribution in [0, 0.1) is 0 Å². The summed E-state index contributed by atoms with van der Waals surface area (Å²) in [5, 5.41) is 0. The van der Waals surface area contributed by atoms with Crippen LogP contribution in [-0.2, 0) is 0 Å². The SMILES string of the molecule is C=C(CC)N=CC(=C)N1CCC(N)C1.CC. The zero-order chi connectivity index (χ0) is 12.6. The Bertz CT molecular complexity index is 256. The summed E-state index contributed by atoms with van der Waals surface area (Å²) in [6, 6.07) is 0.287. The van der Waals surface area contributed by atoms with Gasteiger partial charge < -0.3 is 10.6 Å². The standard InChI is InChI=1S/C11H19N3.C2H6/c1-4-9(2)13-7-10(3)14-6-5-11(12)8-14;1-2/h7,11H,2-6,8,12H2,1H3;1-2H3. The fourth-order valence-corrected chi connectivity index (χ4v) is 1.39. The molecule has 2 N–H and O–H groups in total. The third-order valence-electron chi connectivity index (χ3n) is 2.44. The van der Waals surface area contributed by atoms with E-state index >= 15 is 0 Å². The van der Waals surface area contributed by atoms with Crippen LogP contribution in [0.5, 0.6) is 0 Å². The Kier molecular flexibility index (Phi) is 7.56. The number of hydrogen-bond acceptors (Lipinski definition) is 3. The average Bonchev–Trinajstić information content (AvgIpc) is 2.75. The monoisotopic (exact) mass is 223 g/mol. The van der Waals surface area contributed by atoms with E-state index in [1.165, 1.54) is 0 Å². The lowest BCUT2D eigenvalue weighted by atomic mass is 10.3. The number of nitrogens with two attached hydrogens (primary N) is 1. The summed E-state index contributed by atoms with van der Waals surface area (Å²) in [6.45, 7) is 15.7. The molecule has 0 aromatic heterocycles. The molecule has 3 heteroatoms. The van der Waals surface area contributed by atoms with Crippen LogP contribution in [-0.4, -0.2) is 30.2 Å². The number of nitrogens with zero attached hydrogens (tertiary/aromatic N) is 2. The van der Waals surface area contributed by atoms with E-state index in [4.69, 9.17) is 5.73 Å². The summed E-state index contributed by atoms with van der Waals surface area (Å²) in [4.78, 5) is 6.37. The molecular formula is C13H25N3. The summed E-state index contributed by atoms with van der Waals surface area (Å²) in [5.74, 6) is 0. The highest BCUT2D eigenvalue weighted by atomic mass is 15.2. The Hall–Kier alpha value is -1.09. The molecule has 0 aromatic rings. The molecular weight excluding hydrogens is 198 g/mol. The van der Waals surface area contributed by atoms with Crippen molar-refractivity contribution < 1.29 is 0 Å². The Morgan fingerprint density at radius 3 is 2.56 bits per heavy atom. The second kappa shape index (κ2) is 8.11. The molecule has 92 valence electrons. The second-order valence-electron chi connectivity index (χ2n) is 3.66. The number of aliphatic imine (C=N–C) groups is 1. The minimum atomic E-state index is 0.287. The van der Waals surface area contributed by atoms with Crippen LogP contribution in [0.3, 0.4) is 0 Å². The van der Waals surface area contributed by atoms with E-state index in [0.717, 1.165) is 37.3 Å². The largest absolute Gasteiger partial charge is 0.369 e. The third kappa shape index (κ3) is 5.12. The van der Waals surface area contributed by atoms with Gasteiger partial charge in [0.25, 0.3) is 0 Å². The average molecular weight is 223 g/mol. The van der Waals surface area contributed by atoms with Crippen LogP contribution >= 0.6 is 0 Å². The minimum Gasteiger partial charge on any atom is -0.369 e. The van der Waals surface area contributed by atoms with Gasteiger partial charge in [0.05, 0.1) is 0 Å². The number of allylic oxidation sites excluding steroid dienone is 2. The van der Waals surface area contributed by atoms with Crippen LogP contribution < -0.4 is 5.73 Å². The van der Waals surface area contributed by atoms with E-state index in [9.17, 15) is 0 Å². The van der Waals surface area contributed by atoms with Gasteiger partial charge >= 0.3 is 0 Å². The van der Waals surface area contributed by atoms with E-state index in [1.54, 1.807) is 6.21 Å². The van der Waals surface area contributed by atoms with Gasteiger partial charge in [0.15, 0.2) is 0 Å². The van der Waals surface area contributed by atoms with Crippen molar-refractivity contribution in [3.8, 4) is 0 Å². The highest BCUT2D eigenvalue weighted by Gasteiger charge is 2.18. The smallest absolute Gasteiger partial charge is 0.0498 e. The lowest BCUT2D eigenvalue weighted by Crippen LogP contribution is -2.26. The highest BCUT2D eigenvalue weighted by molar-refractivity contribution is 5.77. The lowest BCUT2D eigenvalue weighted by molar-refractivity contribution is 0.444. The van der Waals surface area contributed by atoms with Gasteiger partial charge in [0.2, 0.25) is 0 Å². The Labute approximate surface area is 99.7 Å². The van der Waals surface area contributed by atoms with E-state index < -0.39 is 0 Å². The molecule has 3 nitrogen and oxygen atoms in total. The van der Waals surface area contributed by atoms with Crippen LogP contribution in [0.15, 0.2) is 29.5 Å². The van der Waals surface area contributed by atoms with Crippen molar-refractivity contribution in [2.45, 2.75) is 39.7 Å². The van der Waals surface area contributed by atoms with Crippen molar-refractivity contribution in [2.75, 3.05) is 13.1 Å². The van der Waals surface area contributed by atoms with Gasteiger partial charge in [-0.05, 0) is 12.8 Å². The first-order chi connectivity index (χ1) is 7.63. The molecule has 1 aliphatic heterocycles. The molecule has 1 atom stereocenters. The van der Waals surface area contributed by atoms with Crippen molar-refractivity contribution in [3.63, 3.8) is 0 Å². The van der Waals surface area contributed by atoms with E-state index in [0.29, 0.717) is 0 Å². The Morgan fingerprint density at radius 2 is 2.12 bits per heavy atom. The molecule has 1 saturated heterocycles. The van der Waals surface area contributed by atoms with Crippen LogP contribution in [0.25, 0.3) is 0 Å². The van der Waals surface area contributed by atoms with Gasteiger partial charge in [0.1, 0.15) is 0 Å². The normalized spacial score (nSPS) is 19.5. The molecule has 1 unspecified atom stereocenters. The fraction of sp³-hybridized carbons (Fsp3) is 0.615. The van der Waals surface area contributed by atoms with Crippen LogP contribution in [0.1, 0.15) is 33.6 Å². The van der Waals surface area contributed by atoms with Crippen LogP contribution in [0.4, 0.5) is 0 Å². The molecule has 0 aromatic carbocycles. The molecule has 0 aliphatic carbocycles. The molecule has 0 amide bonds. The Morgan fingerprint density at radius 1 is 1.50 bits per heavy atom. The van der Waals surface area contributed by atoms with Gasteiger partial charge in [-0.3, -0.25) is 4.99 Å².